The summed E-state index contributed by atoms with van der Waals surface area (Å²) >= 11 is 0. The molecule has 0 aliphatic rings. The van der Waals surface area contributed by atoms with Gasteiger partial charge in [-0.25, -0.2) is 0 Å². The van der Waals surface area contributed by atoms with Crippen molar-refractivity contribution in [1.29, 1.82) is 0 Å². The fourth-order valence-electron chi connectivity index (χ4n) is 3.37. The Kier molecular flexibility index (Phi) is 5.69. The number of hydrogen-bond donors (Lipinski definition) is 0. The summed E-state index contributed by atoms with van der Waals surface area (Å²) in [6, 6.07) is 8.50. The van der Waals surface area contributed by atoms with E-state index in [-0.39, 0.29) is 0 Å². The summed E-state index contributed by atoms with van der Waals surface area (Å²) in [5.41, 5.74) is 3.03. The molecule has 0 fully saturated rings. The van der Waals surface area contributed by atoms with Crippen LogP contribution in [-0.2, 0) is 0 Å². The maximum atomic E-state index is 6.64. The Balaban J connectivity index is 3.07. The summed E-state index contributed by atoms with van der Waals surface area (Å²) in [6.07, 6.45) is 0. The van der Waals surface area contributed by atoms with Gasteiger partial charge in [0.2, 0.25) is 0 Å². The van der Waals surface area contributed by atoms with Crippen LogP contribution < -0.4 is 9.33 Å². The molecule has 1 rings (SSSR count). The van der Waals surface area contributed by atoms with Gasteiger partial charge in [0.05, 0.1) is 0 Å². The van der Waals surface area contributed by atoms with Gasteiger partial charge in [-0.05, 0) is 40.9 Å². The smallest absolute Gasteiger partial charge is 0.258 e. The molecule has 0 N–H and O–H groups in total. The minimum absolute atomic E-state index is 0.607. The summed E-state index contributed by atoms with van der Waals surface area (Å²) < 4.78 is 6.64. The maximum Gasteiger partial charge on any atom is 0.258 e. The molecule has 114 valence electrons. The Bertz CT molecular complexity index is 388. The number of hydrogen-bond acceptors (Lipinski definition) is 2. The first kappa shape index (κ1) is 17.1. The lowest BCUT2D eigenvalue weighted by Crippen LogP contribution is -2.50. The largest absolute Gasteiger partial charge is 0.543 e. The Labute approximate surface area is 126 Å². The molecule has 0 saturated carbocycles. The molecule has 0 atom stereocenters. The average molecular weight is 294 g/mol. The fraction of sp³-hybridized carbons (Fsp3) is 0.647. The van der Waals surface area contributed by atoms with Gasteiger partial charge in [-0.15, -0.1) is 0 Å². The molecule has 0 aromatic heterocycles. The van der Waals surface area contributed by atoms with E-state index in [4.69, 9.17) is 4.43 Å². The first-order valence-corrected chi connectivity index (χ1v) is 9.82. The van der Waals surface area contributed by atoms with Gasteiger partial charge in [0.1, 0.15) is 5.75 Å². The normalized spacial score (nSPS) is 12.3. The molecule has 0 radical (unpaired) electrons. The molecule has 0 saturated heterocycles. The molecule has 0 aliphatic carbocycles. The van der Waals surface area contributed by atoms with Crippen molar-refractivity contribution in [3.05, 3.63) is 24.3 Å². The third-order valence-electron chi connectivity index (χ3n) is 4.35. The predicted molar refractivity (Wildman–Crippen MR) is 92.4 cm³/mol. The third kappa shape index (κ3) is 3.37. The van der Waals surface area contributed by atoms with Crippen LogP contribution in [0.25, 0.3) is 0 Å². The summed E-state index contributed by atoms with van der Waals surface area (Å²) in [6.45, 7) is 13.9. The Morgan fingerprint density at radius 3 is 1.50 bits per heavy atom. The lowest BCUT2D eigenvalue weighted by atomic mass is 10.3. The van der Waals surface area contributed by atoms with E-state index in [9.17, 15) is 0 Å². The van der Waals surface area contributed by atoms with Crippen molar-refractivity contribution in [2.45, 2.75) is 58.2 Å². The van der Waals surface area contributed by atoms with E-state index in [1.54, 1.807) is 0 Å². The molecule has 1 aromatic carbocycles. The number of nitrogens with zero attached hydrogens (tertiary/aromatic N) is 1. The summed E-state index contributed by atoms with van der Waals surface area (Å²) in [4.78, 5) is 2.11. The molecule has 3 heteroatoms. The molecule has 0 spiro atoms. The first-order chi connectivity index (χ1) is 9.21. The van der Waals surface area contributed by atoms with Gasteiger partial charge in [-0.3, -0.25) is 0 Å². The third-order valence-corrected chi connectivity index (χ3v) is 10.4. The highest BCUT2D eigenvalue weighted by Crippen LogP contribution is 2.42. The lowest BCUT2D eigenvalue weighted by molar-refractivity contribution is 0.480. The van der Waals surface area contributed by atoms with Crippen molar-refractivity contribution in [3.63, 3.8) is 0 Å². The van der Waals surface area contributed by atoms with E-state index in [1.165, 1.54) is 5.69 Å². The van der Waals surface area contributed by atoms with Crippen LogP contribution in [0.4, 0.5) is 5.69 Å². The van der Waals surface area contributed by atoms with Crippen molar-refractivity contribution in [2.24, 2.45) is 0 Å². The van der Waals surface area contributed by atoms with E-state index in [0.29, 0.717) is 16.6 Å². The molecule has 2 nitrogen and oxygen atoms in total. The molecule has 1 aromatic rings. The summed E-state index contributed by atoms with van der Waals surface area (Å²) in [7, 11) is 2.29. The highest BCUT2D eigenvalue weighted by Gasteiger charge is 2.46. The van der Waals surface area contributed by atoms with E-state index < -0.39 is 8.32 Å². The Morgan fingerprint density at radius 2 is 1.20 bits per heavy atom. The highest BCUT2D eigenvalue weighted by molar-refractivity contribution is 6.78. The van der Waals surface area contributed by atoms with Crippen molar-refractivity contribution in [1.82, 2.24) is 0 Å². The second-order valence-electron chi connectivity index (χ2n) is 6.81. The Morgan fingerprint density at radius 1 is 0.800 bits per heavy atom. The van der Waals surface area contributed by atoms with E-state index in [2.05, 4.69) is 84.8 Å². The molecular weight excluding hydrogens is 262 g/mol. The summed E-state index contributed by atoms with van der Waals surface area (Å²) in [5.74, 6) is 1.03. The zero-order valence-electron chi connectivity index (χ0n) is 14.4. The summed E-state index contributed by atoms with van der Waals surface area (Å²) in [5, 5.41) is 0. The van der Waals surface area contributed by atoms with Crippen molar-refractivity contribution >= 4 is 14.0 Å². The predicted octanol–water partition coefficient (Wildman–Crippen LogP) is 5.31. The van der Waals surface area contributed by atoms with Crippen LogP contribution in [-0.4, -0.2) is 22.4 Å². The van der Waals surface area contributed by atoms with E-state index in [1.807, 2.05) is 0 Å². The second-order valence-corrected chi connectivity index (χ2v) is 12.2. The van der Waals surface area contributed by atoms with Crippen LogP contribution in [0, 0.1) is 0 Å². The van der Waals surface area contributed by atoms with Gasteiger partial charge in [0.25, 0.3) is 8.32 Å². The quantitative estimate of drug-likeness (QED) is 0.659. The van der Waals surface area contributed by atoms with Crippen LogP contribution in [0.2, 0.25) is 16.6 Å². The van der Waals surface area contributed by atoms with Gasteiger partial charge in [0, 0.05) is 19.8 Å². The van der Waals surface area contributed by atoms with Crippen LogP contribution in [0.5, 0.6) is 5.75 Å². The van der Waals surface area contributed by atoms with Gasteiger partial charge in [-0.2, -0.15) is 0 Å². The molecule has 0 unspecified atom stereocenters. The van der Waals surface area contributed by atoms with E-state index >= 15 is 0 Å². The molecule has 0 bridgehead atoms. The average Bonchev–Trinajstić information content (AvgIpc) is 2.35. The minimum atomic E-state index is -1.83. The van der Waals surface area contributed by atoms with Gasteiger partial charge in [-0.1, -0.05) is 41.5 Å². The Hall–Kier alpha value is -0.963. The van der Waals surface area contributed by atoms with Crippen molar-refractivity contribution in [3.8, 4) is 5.75 Å². The minimum Gasteiger partial charge on any atom is -0.543 e. The standard InChI is InChI=1S/C17H31NOSi/c1-13(2)20(14(3)4,15(5)6)19-17-11-9-16(10-12-17)18(7)8/h9-15H,1-8H3. The fourth-order valence-corrected chi connectivity index (χ4v) is 8.62. The monoisotopic (exact) mass is 293 g/mol. The van der Waals surface area contributed by atoms with Crippen molar-refractivity contribution < 1.29 is 4.43 Å². The van der Waals surface area contributed by atoms with Crippen LogP contribution in [0.15, 0.2) is 24.3 Å². The number of anilines is 1. The SMILES string of the molecule is CC(C)[Si](Oc1ccc(N(C)C)cc1)(C(C)C)C(C)C. The zero-order chi connectivity index (χ0) is 15.5. The van der Waals surface area contributed by atoms with Crippen LogP contribution in [0.1, 0.15) is 41.5 Å². The molecule has 0 aliphatic heterocycles. The maximum absolute atomic E-state index is 6.64. The van der Waals surface area contributed by atoms with Gasteiger partial charge in [0.15, 0.2) is 0 Å². The van der Waals surface area contributed by atoms with Gasteiger partial charge < -0.3 is 9.33 Å². The van der Waals surface area contributed by atoms with Gasteiger partial charge >= 0.3 is 0 Å². The second kappa shape index (κ2) is 6.66. The topological polar surface area (TPSA) is 12.5 Å². The van der Waals surface area contributed by atoms with Crippen LogP contribution in [0.3, 0.4) is 0 Å². The number of rotatable bonds is 6. The molecular formula is C17H31NOSi. The lowest BCUT2D eigenvalue weighted by Gasteiger charge is -2.42. The number of benzene rings is 1. The highest BCUT2D eigenvalue weighted by atomic mass is 28.4. The van der Waals surface area contributed by atoms with E-state index in [0.717, 1.165) is 5.75 Å². The van der Waals surface area contributed by atoms with Crippen molar-refractivity contribution in [2.75, 3.05) is 19.0 Å². The molecule has 0 heterocycles. The zero-order valence-corrected chi connectivity index (χ0v) is 15.4. The molecule has 0 amide bonds. The van der Waals surface area contributed by atoms with Crippen LogP contribution >= 0.6 is 0 Å². The molecule has 20 heavy (non-hydrogen) atoms. The first-order valence-electron chi connectivity index (χ1n) is 7.68.